The van der Waals surface area contributed by atoms with Crippen molar-refractivity contribution >= 4 is 29.7 Å². The Hall–Kier alpha value is -2.66. The van der Waals surface area contributed by atoms with Crippen molar-refractivity contribution in [3.05, 3.63) is 64.7 Å². The topological polar surface area (TPSA) is 67.8 Å². The standard InChI is InChI=1S/C21H21ClN2O3/c22-18-10-8-17(9-11-18)21(26)27-19-12-6-15(7-13-19)14-23-24-20(25)16-4-2-1-3-5-16/h6-14,16H,1-5H2,(H,24,25)/b23-14+. The summed E-state index contributed by atoms with van der Waals surface area (Å²) in [4.78, 5) is 24.1. The van der Waals surface area contributed by atoms with Gasteiger partial charge in [-0.2, -0.15) is 5.10 Å². The first-order chi connectivity index (χ1) is 13.1. The van der Waals surface area contributed by atoms with Gasteiger partial charge in [0.25, 0.3) is 0 Å². The van der Waals surface area contributed by atoms with Crippen LogP contribution in [0.1, 0.15) is 48.0 Å². The van der Waals surface area contributed by atoms with E-state index in [0.717, 1.165) is 31.2 Å². The van der Waals surface area contributed by atoms with Crippen LogP contribution in [-0.2, 0) is 4.79 Å². The smallest absolute Gasteiger partial charge is 0.343 e. The molecule has 5 nitrogen and oxygen atoms in total. The first-order valence-corrected chi connectivity index (χ1v) is 9.40. The fraction of sp³-hybridized carbons (Fsp3) is 0.286. The Morgan fingerprint density at radius 2 is 1.67 bits per heavy atom. The Morgan fingerprint density at radius 3 is 2.33 bits per heavy atom. The van der Waals surface area contributed by atoms with E-state index in [-0.39, 0.29) is 11.8 Å². The lowest BCUT2D eigenvalue weighted by Crippen LogP contribution is -2.28. The molecule has 27 heavy (non-hydrogen) atoms. The molecule has 1 fully saturated rings. The van der Waals surface area contributed by atoms with E-state index < -0.39 is 5.97 Å². The lowest BCUT2D eigenvalue weighted by molar-refractivity contribution is -0.125. The molecule has 0 atom stereocenters. The van der Waals surface area contributed by atoms with E-state index in [2.05, 4.69) is 10.5 Å². The zero-order valence-corrected chi connectivity index (χ0v) is 15.6. The van der Waals surface area contributed by atoms with Gasteiger partial charge >= 0.3 is 5.97 Å². The van der Waals surface area contributed by atoms with Gasteiger partial charge in [0.15, 0.2) is 0 Å². The summed E-state index contributed by atoms with van der Waals surface area (Å²) in [6, 6.07) is 13.4. The number of hydrogen-bond donors (Lipinski definition) is 1. The first-order valence-electron chi connectivity index (χ1n) is 9.02. The van der Waals surface area contributed by atoms with Gasteiger partial charge in [0.05, 0.1) is 11.8 Å². The third-order valence-corrected chi connectivity index (χ3v) is 4.79. The second-order valence-corrected chi connectivity index (χ2v) is 6.97. The Bertz CT molecular complexity index is 810. The van der Waals surface area contributed by atoms with Gasteiger partial charge in [-0.25, -0.2) is 10.2 Å². The highest BCUT2D eigenvalue weighted by atomic mass is 35.5. The van der Waals surface area contributed by atoms with Crippen molar-refractivity contribution in [3.63, 3.8) is 0 Å². The van der Waals surface area contributed by atoms with Crippen LogP contribution in [0, 0.1) is 5.92 Å². The van der Waals surface area contributed by atoms with Gasteiger partial charge in [0.2, 0.25) is 5.91 Å². The van der Waals surface area contributed by atoms with Crippen LogP contribution in [0.25, 0.3) is 0 Å². The summed E-state index contributed by atoms with van der Waals surface area (Å²) in [5, 5.41) is 4.58. The zero-order chi connectivity index (χ0) is 19.1. The quantitative estimate of drug-likeness (QED) is 0.355. The average molecular weight is 385 g/mol. The number of nitrogens with one attached hydrogen (secondary N) is 1. The van der Waals surface area contributed by atoms with Crippen LogP contribution < -0.4 is 10.2 Å². The molecule has 0 unspecified atom stereocenters. The number of esters is 1. The number of amides is 1. The summed E-state index contributed by atoms with van der Waals surface area (Å²) >= 11 is 5.81. The zero-order valence-electron chi connectivity index (χ0n) is 14.9. The SMILES string of the molecule is O=C(Oc1ccc(/C=N/NC(=O)C2CCCCC2)cc1)c1ccc(Cl)cc1. The number of carbonyl (C=O) groups is 2. The minimum Gasteiger partial charge on any atom is -0.423 e. The highest BCUT2D eigenvalue weighted by Gasteiger charge is 2.20. The van der Waals surface area contributed by atoms with Crippen LogP contribution in [0.4, 0.5) is 0 Å². The third-order valence-electron chi connectivity index (χ3n) is 4.53. The Morgan fingerprint density at radius 1 is 1.00 bits per heavy atom. The number of benzene rings is 2. The summed E-state index contributed by atoms with van der Waals surface area (Å²) in [6.07, 6.45) is 6.88. The van der Waals surface area contributed by atoms with Crippen molar-refractivity contribution < 1.29 is 14.3 Å². The van der Waals surface area contributed by atoms with E-state index in [1.807, 2.05) is 0 Å². The molecule has 1 aliphatic rings. The van der Waals surface area contributed by atoms with Gasteiger partial charge in [0, 0.05) is 10.9 Å². The maximum absolute atomic E-state index is 12.1. The molecule has 1 saturated carbocycles. The van der Waals surface area contributed by atoms with E-state index in [9.17, 15) is 9.59 Å². The van der Waals surface area contributed by atoms with Crippen LogP contribution in [0.3, 0.4) is 0 Å². The van der Waals surface area contributed by atoms with Gasteiger partial charge < -0.3 is 4.74 Å². The molecule has 0 aromatic heterocycles. The molecule has 2 aromatic rings. The predicted molar refractivity (Wildman–Crippen MR) is 105 cm³/mol. The van der Waals surface area contributed by atoms with E-state index in [4.69, 9.17) is 16.3 Å². The molecule has 1 aliphatic carbocycles. The summed E-state index contributed by atoms with van der Waals surface area (Å²) < 4.78 is 5.32. The van der Waals surface area contributed by atoms with Crippen LogP contribution >= 0.6 is 11.6 Å². The van der Waals surface area contributed by atoms with E-state index in [1.165, 1.54) is 6.42 Å². The number of ether oxygens (including phenoxy) is 1. The number of hydrogen-bond acceptors (Lipinski definition) is 4. The lowest BCUT2D eigenvalue weighted by Gasteiger charge is -2.19. The average Bonchev–Trinajstić information content (AvgIpc) is 2.70. The highest BCUT2D eigenvalue weighted by Crippen LogP contribution is 2.23. The third kappa shape index (κ3) is 5.66. The van der Waals surface area contributed by atoms with Gasteiger partial charge in [-0.15, -0.1) is 0 Å². The van der Waals surface area contributed by atoms with Gasteiger partial charge in [-0.05, 0) is 66.9 Å². The normalized spacial score (nSPS) is 14.9. The summed E-state index contributed by atoms with van der Waals surface area (Å²) in [7, 11) is 0. The molecule has 0 aliphatic heterocycles. The fourth-order valence-corrected chi connectivity index (χ4v) is 3.13. The van der Waals surface area contributed by atoms with E-state index in [0.29, 0.717) is 16.3 Å². The Labute approximate surface area is 163 Å². The van der Waals surface area contributed by atoms with Crippen molar-refractivity contribution in [3.8, 4) is 5.75 Å². The van der Waals surface area contributed by atoms with E-state index >= 15 is 0 Å². The maximum atomic E-state index is 12.1. The van der Waals surface area contributed by atoms with Crippen molar-refractivity contribution in [2.45, 2.75) is 32.1 Å². The molecule has 0 saturated heterocycles. The maximum Gasteiger partial charge on any atom is 0.343 e. The second-order valence-electron chi connectivity index (χ2n) is 6.53. The molecule has 1 N–H and O–H groups in total. The molecule has 0 spiro atoms. The van der Waals surface area contributed by atoms with Crippen molar-refractivity contribution in [1.29, 1.82) is 0 Å². The summed E-state index contributed by atoms with van der Waals surface area (Å²) in [5.74, 6) is 0.0381. The Balaban J connectivity index is 1.51. The van der Waals surface area contributed by atoms with Crippen LogP contribution in [0.5, 0.6) is 5.75 Å². The number of rotatable bonds is 5. The Kier molecular flexibility index (Phi) is 6.60. The predicted octanol–water partition coefficient (Wildman–Crippen LogP) is 4.59. The summed E-state index contributed by atoms with van der Waals surface area (Å²) in [6.45, 7) is 0. The minimum absolute atomic E-state index is 0.0144. The van der Waals surface area contributed by atoms with Crippen molar-refractivity contribution in [2.75, 3.05) is 0 Å². The molecule has 1 amide bonds. The van der Waals surface area contributed by atoms with E-state index in [1.54, 1.807) is 54.7 Å². The molecule has 3 rings (SSSR count). The second kappa shape index (κ2) is 9.33. The molecule has 0 bridgehead atoms. The van der Waals surface area contributed by atoms with Gasteiger partial charge in [-0.1, -0.05) is 30.9 Å². The first kappa shape index (κ1) is 19.1. The largest absolute Gasteiger partial charge is 0.423 e. The monoisotopic (exact) mass is 384 g/mol. The summed E-state index contributed by atoms with van der Waals surface area (Å²) in [5.41, 5.74) is 3.83. The van der Waals surface area contributed by atoms with Gasteiger partial charge in [0.1, 0.15) is 5.75 Å². The molecular weight excluding hydrogens is 364 g/mol. The number of nitrogens with zero attached hydrogens (tertiary/aromatic N) is 1. The minimum atomic E-state index is -0.451. The number of carbonyl (C=O) groups excluding carboxylic acids is 2. The number of halogens is 1. The fourth-order valence-electron chi connectivity index (χ4n) is 3.00. The molecule has 140 valence electrons. The molecule has 0 radical (unpaired) electrons. The van der Waals surface area contributed by atoms with Crippen LogP contribution in [0.2, 0.25) is 5.02 Å². The van der Waals surface area contributed by atoms with Crippen molar-refractivity contribution in [1.82, 2.24) is 5.43 Å². The van der Waals surface area contributed by atoms with Crippen molar-refractivity contribution in [2.24, 2.45) is 11.0 Å². The van der Waals surface area contributed by atoms with Crippen LogP contribution in [-0.4, -0.2) is 18.1 Å². The molecule has 2 aromatic carbocycles. The molecular formula is C21H21ClN2O3. The highest BCUT2D eigenvalue weighted by molar-refractivity contribution is 6.30. The van der Waals surface area contributed by atoms with Crippen LogP contribution in [0.15, 0.2) is 53.6 Å². The molecule has 0 heterocycles. The van der Waals surface area contributed by atoms with Gasteiger partial charge in [-0.3, -0.25) is 4.79 Å². The number of hydrazone groups is 1. The molecule has 6 heteroatoms. The lowest BCUT2D eigenvalue weighted by atomic mass is 9.89.